The molecule has 0 saturated carbocycles. The molecule has 1 spiro atoms. The van der Waals surface area contributed by atoms with Crippen LogP contribution in [-0.4, -0.2) is 42.2 Å². The fourth-order valence-electron chi connectivity index (χ4n) is 3.92. The van der Waals surface area contributed by atoms with Gasteiger partial charge in [0, 0.05) is 25.2 Å². The fraction of sp³-hybridized carbons (Fsp3) is 0.706. The van der Waals surface area contributed by atoms with Gasteiger partial charge in [-0.05, 0) is 57.7 Å². The average molecular weight is 289 g/mol. The van der Waals surface area contributed by atoms with Gasteiger partial charge in [0.05, 0.1) is 12.3 Å². The van der Waals surface area contributed by atoms with Crippen LogP contribution in [-0.2, 0) is 6.54 Å². The van der Waals surface area contributed by atoms with E-state index in [0.717, 1.165) is 18.1 Å². The Morgan fingerprint density at radius 1 is 1.38 bits per heavy atom. The van der Waals surface area contributed by atoms with Gasteiger partial charge in [0.15, 0.2) is 0 Å². The lowest BCUT2D eigenvalue weighted by atomic mass is 9.77. The number of rotatable bonds is 4. The van der Waals surface area contributed by atoms with Gasteiger partial charge in [0.1, 0.15) is 0 Å². The molecule has 2 saturated heterocycles. The van der Waals surface area contributed by atoms with E-state index in [-0.39, 0.29) is 0 Å². The van der Waals surface area contributed by atoms with Gasteiger partial charge in [-0.2, -0.15) is 0 Å². The van der Waals surface area contributed by atoms with Crippen molar-refractivity contribution in [2.75, 3.05) is 26.2 Å². The van der Waals surface area contributed by atoms with Crippen LogP contribution in [0.5, 0.6) is 5.88 Å². The molecule has 1 unspecified atom stereocenters. The van der Waals surface area contributed by atoms with Gasteiger partial charge in [-0.15, -0.1) is 0 Å². The molecule has 0 amide bonds. The lowest BCUT2D eigenvalue weighted by Gasteiger charge is -2.33. The highest BCUT2D eigenvalue weighted by Gasteiger charge is 2.42. The number of hydrogen-bond donors (Lipinski definition) is 1. The van der Waals surface area contributed by atoms with Crippen molar-refractivity contribution in [2.45, 2.75) is 45.7 Å². The van der Waals surface area contributed by atoms with E-state index < -0.39 is 0 Å². The normalized spacial score (nSPS) is 25.3. The highest BCUT2D eigenvalue weighted by Crippen LogP contribution is 2.42. The van der Waals surface area contributed by atoms with Gasteiger partial charge < -0.3 is 10.1 Å². The van der Waals surface area contributed by atoms with Crippen molar-refractivity contribution in [2.24, 2.45) is 5.41 Å². The second kappa shape index (κ2) is 6.32. The molecular formula is C17H27N3O. The second-order valence-electron chi connectivity index (χ2n) is 6.61. The van der Waals surface area contributed by atoms with Gasteiger partial charge in [-0.25, -0.2) is 4.98 Å². The summed E-state index contributed by atoms with van der Waals surface area (Å²) in [7, 11) is 0. The number of hydrogen-bond acceptors (Lipinski definition) is 4. The summed E-state index contributed by atoms with van der Waals surface area (Å²) >= 11 is 0. The number of pyridine rings is 1. The first kappa shape index (κ1) is 14.8. The van der Waals surface area contributed by atoms with E-state index in [4.69, 9.17) is 4.74 Å². The Morgan fingerprint density at radius 3 is 2.95 bits per heavy atom. The monoisotopic (exact) mass is 289 g/mol. The predicted octanol–water partition coefficient (Wildman–Crippen LogP) is 2.44. The third kappa shape index (κ3) is 3.38. The zero-order valence-electron chi connectivity index (χ0n) is 13.3. The molecule has 1 aromatic heterocycles. The largest absolute Gasteiger partial charge is 0.478 e. The van der Waals surface area contributed by atoms with E-state index in [9.17, 15) is 0 Å². The molecule has 0 radical (unpaired) electrons. The smallest absolute Gasteiger partial charge is 0.213 e. The number of aromatic nitrogens is 1. The zero-order valence-corrected chi connectivity index (χ0v) is 13.3. The van der Waals surface area contributed by atoms with Crippen molar-refractivity contribution in [1.29, 1.82) is 0 Å². The molecule has 2 aliphatic heterocycles. The van der Waals surface area contributed by atoms with E-state index in [1.807, 2.05) is 19.1 Å². The number of likely N-dealkylation sites (tertiary alicyclic amines) is 1. The summed E-state index contributed by atoms with van der Waals surface area (Å²) in [6, 6.07) is 6.76. The molecule has 2 fully saturated rings. The Labute approximate surface area is 127 Å². The highest BCUT2D eigenvalue weighted by atomic mass is 16.5. The minimum Gasteiger partial charge on any atom is -0.478 e. The maximum Gasteiger partial charge on any atom is 0.213 e. The summed E-state index contributed by atoms with van der Waals surface area (Å²) in [6.07, 6.45) is 3.97. The number of piperidine rings is 1. The van der Waals surface area contributed by atoms with Crippen molar-refractivity contribution in [3.8, 4) is 5.88 Å². The number of ether oxygens (including phenoxy) is 1. The number of nitrogens with one attached hydrogen (secondary N) is 1. The molecule has 0 bridgehead atoms. The van der Waals surface area contributed by atoms with Gasteiger partial charge >= 0.3 is 0 Å². The summed E-state index contributed by atoms with van der Waals surface area (Å²) in [5.41, 5.74) is 1.67. The quantitative estimate of drug-likeness (QED) is 0.924. The third-order valence-corrected chi connectivity index (χ3v) is 4.99. The van der Waals surface area contributed by atoms with Gasteiger partial charge in [0.25, 0.3) is 0 Å². The second-order valence-corrected chi connectivity index (χ2v) is 6.61. The highest BCUT2D eigenvalue weighted by molar-refractivity contribution is 5.16. The van der Waals surface area contributed by atoms with Crippen molar-refractivity contribution in [3.05, 3.63) is 23.9 Å². The standard InChI is InChI=1S/C17H27N3O/c1-3-21-16-6-4-5-15(19-16)12-20-13-17(11-14(20)2)7-9-18-10-8-17/h4-6,14,18H,3,7-13H2,1-2H3. The van der Waals surface area contributed by atoms with Crippen LogP contribution in [0.3, 0.4) is 0 Å². The molecule has 21 heavy (non-hydrogen) atoms. The molecule has 1 atom stereocenters. The van der Waals surface area contributed by atoms with Crippen LogP contribution in [0.4, 0.5) is 0 Å². The first-order chi connectivity index (χ1) is 10.2. The van der Waals surface area contributed by atoms with E-state index in [1.54, 1.807) is 0 Å². The molecule has 4 nitrogen and oxygen atoms in total. The maximum absolute atomic E-state index is 5.51. The first-order valence-corrected chi connectivity index (χ1v) is 8.24. The molecule has 4 heteroatoms. The van der Waals surface area contributed by atoms with Crippen LogP contribution >= 0.6 is 0 Å². The molecule has 0 aromatic carbocycles. The van der Waals surface area contributed by atoms with Crippen LogP contribution in [0.25, 0.3) is 0 Å². The SMILES string of the molecule is CCOc1cccc(CN2CC3(CCNCC3)CC2C)n1. The summed E-state index contributed by atoms with van der Waals surface area (Å²) in [5.74, 6) is 0.749. The lowest BCUT2D eigenvalue weighted by Crippen LogP contribution is -2.38. The first-order valence-electron chi connectivity index (χ1n) is 8.24. The van der Waals surface area contributed by atoms with E-state index >= 15 is 0 Å². The third-order valence-electron chi connectivity index (χ3n) is 4.99. The summed E-state index contributed by atoms with van der Waals surface area (Å²) in [4.78, 5) is 7.22. The molecular weight excluding hydrogens is 262 g/mol. The predicted molar refractivity (Wildman–Crippen MR) is 84.4 cm³/mol. The van der Waals surface area contributed by atoms with Crippen LogP contribution < -0.4 is 10.1 Å². The summed E-state index contributed by atoms with van der Waals surface area (Å²) < 4.78 is 5.51. The molecule has 2 aliphatic rings. The van der Waals surface area contributed by atoms with Crippen molar-refractivity contribution >= 4 is 0 Å². The maximum atomic E-state index is 5.51. The fourth-order valence-corrected chi connectivity index (χ4v) is 3.92. The molecule has 1 aromatic rings. The number of nitrogens with zero attached hydrogens (tertiary/aromatic N) is 2. The van der Waals surface area contributed by atoms with Gasteiger partial charge in [-0.1, -0.05) is 6.07 Å². The van der Waals surface area contributed by atoms with Crippen LogP contribution in [0.15, 0.2) is 18.2 Å². The Balaban J connectivity index is 1.66. The van der Waals surface area contributed by atoms with Crippen LogP contribution in [0, 0.1) is 5.41 Å². The van der Waals surface area contributed by atoms with E-state index in [2.05, 4.69) is 28.2 Å². The van der Waals surface area contributed by atoms with Crippen molar-refractivity contribution < 1.29 is 4.74 Å². The lowest BCUT2D eigenvalue weighted by molar-refractivity contribution is 0.188. The minimum atomic E-state index is 0.544. The van der Waals surface area contributed by atoms with Gasteiger partial charge in [-0.3, -0.25) is 4.90 Å². The van der Waals surface area contributed by atoms with Crippen molar-refractivity contribution in [1.82, 2.24) is 15.2 Å². The molecule has 3 heterocycles. The Morgan fingerprint density at radius 2 is 2.19 bits per heavy atom. The van der Waals surface area contributed by atoms with Crippen LogP contribution in [0.2, 0.25) is 0 Å². The Kier molecular flexibility index (Phi) is 4.45. The van der Waals surface area contributed by atoms with E-state index in [0.29, 0.717) is 18.1 Å². The zero-order chi connectivity index (χ0) is 14.7. The summed E-state index contributed by atoms with van der Waals surface area (Å²) in [5, 5.41) is 3.49. The topological polar surface area (TPSA) is 37.4 Å². The molecule has 0 aliphatic carbocycles. The Bertz CT molecular complexity index is 471. The van der Waals surface area contributed by atoms with E-state index in [1.165, 1.54) is 38.9 Å². The van der Waals surface area contributed by atoms with Crippen LogP contribution in [0.1, 0.15) is 38.8 Å². The molecule has 116 valence electrons. The van der Waals surface area contributed by atoms with Gasteiger partial charge in [0.2, 0.25) is 5.88 Å². The molecule has 3 rings (SSSR count). The van der Waals surface area contributed by atoms with Crippen molar-refractivity contribution in [3.63, 3.8) is 0 Å². The summed E-state index contributed by atoms with van der Waals surface area (Å²) in [6.45, 7) is 9.55. The Hall–Kier alpha value is -1.13. The molecule has 1 N–H and O–H groups in total. The minimum absolute atomic E-state index is 0.544. The average Bonchev–Trinajstić information content (AvgIpc) is 2.76.